The van der Waals surface area contributed by atoms with Crippen molar-refractivity contribution in [1.29, 1.82) is 0 Å². The second kappa shape index (κ2) is 14.5. The smallest absolute Gasteiger partial charge is 0.370 e. The first kappa shape index (κ1) is 21.4. The standard InChI is InChI=1S/C14H30O3Si.H4Si/c1-5-9-12-15-18(8-4,16-13-10-6-2)17-14-11-7-3;/h8H,4-7,9-14H2,1-3H3;1H4. The minimum atomic E-state index is -2.62. The Morgan fingerprint density at radius 1 is 0.789 bits per heavy atom. The molecule has 0 saturated heterocycles. The molecule has 0 aromatic rings. The van der Waals surface area contributed by atoms with Crippen molar-refractivity contribution in [3.63, 3.8) is 0 Å². The molecule has 0 spiro atoms. The molecule has 0 radical (unpaired) electrons. The quantitative estimate of drug-likeness (QED) is 0.387. The van der Waals surface area contributed by atoms with Crippen molar-refractivity contribution in [2.75, 3.05) is 19.8 Å². The van der Waals surface area contributed by atoms with Crippen LogP contribution < -0.4 is 0 Å². The highest BCUT2D eigenvalue weighted by atomic mass is 28.4. The highest BCUT2D eigenvalue weighted by Gasteiger charge is 2.37. The zero-order valence-corrected chi connectivity index (χ0v) is 13.4. The summed E-state index contributed by atoms with van der Waals surface area (Å²) in [6, 6.07) is 0. The molecule has 0 aliphatic carbocycles. The average Bonchev–Trinajstić information content (AvgIpc) is 2.39. The molecular weight excluding hydrogens is 272 g/mol. The van der Waals surface area contributed by atoms with Crippen LogP contribution >= 0.6 is 0 Å². The fourth-order valence-corrected chi connectivity index (χ4v) is 3.27. The second-order valence-electron chi connectivity index (χ2n) is 4.41. The van der Waals surface area contributed by atoms with E-state index in [2.05, 4.69) is 27.4 Å². The van der Waals surface area contributed by atoms with Crippen LogP contribution in [0.25, 0.3) is 0 Å². The van der Waals surface area contributed by atoms with Crippen LogP contribution in [0.5, 0.6) is 0 Å². The Kier molecular flexibility index (Phi) is 16.3. The van der Waals surface area contributed by atoms with Gasteiger partial charge in [-0.15, -0.1) is 0 Å². The number of hydrogen-bond donors (Lipinski definition) is 0. The van der Waals surface area contributed by atoms with Crippen molar-refractivity contribution in [3.8, 4) is 0 Å². The van der Waals surface area contributed by atoms with Crippen molar-refractivity contribution in [2.24, 2.45) is 0 Å². The summed E-state index contributed by atoms with van der Waals surface area (Å²) in [6.07, 6.45) is 6.47. The SMILES string of the molecule is C=C[Si](OCCCC)(OCCCC)OCCCC.[SiH4]. The molecule has 19 heavy (non-hydrogen) atoms. The topological polar surface area (TPSA) is 27.7 Å². The van der Waals surface area contributed by atoms with Crippen molar-refractivity contribution in [2.45, 2.75) is 59.3 Å². The fraction of sp³-hybridized carbons (Fsp3) is 0.857. The molecule has 116 valence electrons. The summed E-state index contributed by atoms with van der Waals surface area (Å²) in [4.78, 5) is 0. The zero-order valence-electron chi connectivity index (χ0n) is 12.4. The van der Waals surface area contributed by atoms with E-state index in [1.54, 1.807) is 5.70 Å². The summed E-state index contributed by atoms with van der Waals surface area (Å²) in [5.41, 5.74) is 1.77. The van der Waals surface area contributed by atoms with Gasteiger partial charge in [0, 0.05) is 19.8 Å². The molecule has 0 aliphatic rings. The van der Waals surface area contributed by atoms with E-state index in [9.17, 15) is 0 Å². The van der Waals surface area contributed by atoms with Crippen LogP contribution in [0, 0.1) is 0 Å². The highest BCUT2D eigenvalue weighted by Crippen LogP contribution is 2.14. The van der Waals surface area contributed by atoms with Crippen molar-refractivity contribution in [1.82, 2.24) is 0 Å². The normalized spacial score (nSPS) is 11.1. The summed E-state index contributed by atoms with van der Waals surface area (Å²) >= 11 is 0. The van der Waals surface area contributed by atoms with Gasteiger partial charge in [0.1, 0.15) is 0 Å². The Morgan fingerprint density at radius 3 is 1.32 bits per heavy atom. The number of hydrogen-bond acceptors (Lipinski definition) is 3. The van der Waals surface area contributed by atoms with E-state index >= 15 is 0 Å². The Morgan fingerprint density at radius 2 is 1.11 bits per heavy atom. The van der Waals surface area contributed by atoms with Crippen LogP contribution in [0.15, 0.2) is 12.3 Å². The van der Waals surface area contributed by atoms with E-state index in [4.69, 9.17) is 13.3 Å². The maximum Gasteiger partial charge on any atom is 0.529 e. The second-order valence-corrected chi connectivity index (χ2v) is 6.90. The molecule has 0 fully saturated rings. The van der Waals surface area contributed by atoms with Gasteiger partial charge < -0.3 is 13.3 Å². The third-order valence-corrected chi connectivity index (χ3v) is 4.97. The van der Waals surface area contributed by atoms with Gasteiger partial charge in [0.15, 0.2) is 0 Å². The fourth-order valence-electron chi connectivity index (χ4n) is 1.38. The minimum Gasteiger partial charge on any atom is -0.370 e. The Hall–Kier alpha value is 0.0538. The maximum absolute atomic E-state index is 5.89. The molecule has 5 heteroatoms. The lowest BCUT2D eigenvalue weighted by Crippen LogP contribution is -2.45. The van der Waals surface area contributed by atoms with Crippen LogP contribution in [0.1, 0.15) is 59.3 Å². The molecule has 0 aromatic heterocycles. The molecule has 0 atom stereocenters. The largest absolute Gasteiger partial charge is 0.529 e. The molecule has 0 unspecified atom stereocenters. The van der Waals surface area contributed by atoms with E-state index in [-0.39, 0.29) is 11.0 Å². The molecule has 0 bridgehead atoms. The van der Waals surface area contributed by atoms with E-state index in [0.717, 1.165) is 38.5 Å². The van der Waals surface area contributed by atoms with Crippen LogP contribution in [0.2, 0.25) is 0 Å². The summed E-state index contributed by atoms with van der Waals surface area (Å²) in [5, 5.41) is 0. The predicted molar refractivity (Wildman–Crippen MR) is 89.9 cm³/mol. The molecule has 0 saturated carbocycles. The Bertz CT molecular complexity index is 175. The molecule has 0 aromatic carbocycles. The molecule has 3 nitrogen and oxygen atoms in total. The number of rotatable bonds is 13. The summed E-state index contributed by atoms with van der Waals surface area (Å²) in [7, 11) is -2.62. The molecule has 0 aliphatic heterocycles. The lowest BCUT2D eigenvalue weighted by atomic mass is 10.4. The maximum atomic E-state index is 5.89. The first-order valence-corrected chi connectivity index (χ1v) is 9.10. The summed E-state index contributed by atoms with van der Waals surface area (Å²) in [6.45, 7) is 12.4. The van der Waals surface area contributed by atoms with Crippen LogP contribution in [-0.4, -0.2) is 39.6 Å². The third kappa shape index (κ3) is 10.5. The van der Waals surface area contributed by atoms with E-state index in [1.165, 1.54) is 0 Å². The van der Waals surface area contributed by atoms with Gasteiger partial charge in [-0.25, -0.2) is 0 Å². The van der Waals surface area contributed by atoms with Gasteiger partial charge in [-0.05, 0) is 35.9 Å². The molecular formula is C14H34O3Si2. The first-order valence-electron chi connectivity index (χ1n) is 7.30. The van der Waals surface area contributed by atoms with Crippen molar-refractivity contribution in [3.05, 3.63) is 12.3 Å². The Labute approximate surface area is 125 Å². The van der Waals surface area contributed by atoms with Gasteiger partial charge in [-0.3, -0.25) is 0 Å². The van der Waals surface area contributed by atoms with Crippen LogP contribution in [0.4, 0.5) is 0 Å². The lowest BCUT2D eigenvalue weighted by Gasteiger charge is -2.26. The van der Waals surface area contributed by atoms with Gasteiger partial charge in [0.05, 0.1) is 0 Å². The van der Waals surface area contributed by atoms with Gasteiger partial charge >= 0.3 is 8.80 Å². The van der Waals surface area contributed by atoms with Gasteiger partial charge in [-0.1, -0.05) is 46.6 Å². The Balaban J connectivity index is 0. The number of unbranched alkanes of at least 4 members (excludes halogenated alkanes) is 3. The molecule has 0 rings (SSSR count). The van der Waals surface area contributed by atoms with Crippen molar-refractivity contribution < 1.29 is 13.3 Å². The van der Waals surface area contributed by atoms with Crippen LogP contribution in [-0.2, 0) is 13.3 Å². The van der Waals surface area contributed by atoms with Crippen molar-refractivity contribution >= 4 is 19.8 Å². The van der Waals surface area contributed by atoms with E-state index in [1.807, 2.05) is 0 Å². The predicted octanol–water partition coefficient (Wildman–Crippen LogP) is 2.65. The van der Waals surface area contributed by atoms with E-state index in [0.29, 0.717) is 19.8 Å². The minimum absolute atomic E-state index is 0. The molecule has 0 heterocycles. The highest BCUT2D eigenvalue weighted by molar-refractivity contribution is 6.66. The molecule has 0 N–H and O–H groups in total. The summed E-state index contributed by atoms with van der Waals surface area (Å²) < 4.78 is 17.7. The van der Waals surface area contributed by atoms with Gasteiger partial charge in [-0.2, -0.15) is 0 Å². The van der Waals surface area contributed by atoms with Gasteiger partial charge in [0.2, 0.25) is 0 Å². The average molecular weight is 307 g/mol. The monoisotopic (exact) mass is 306 g/mol. The van der Waals surface area contributed by atoms with Gasteiger partial charge in [0.25, 0.3) is 0 Å². The zero-order chi connectivity index (χ0) is 13.7. The first-order chi connectivity index (χ1) is 8.74. The lowest BCUT2D eigenvalue weighted by molar-refractivity contribution is 0.0685. The van der Waals surface area contributed by atoms with E-state index < -0.39 is 8.80 Å². The summed E-state index contributed by atoms with van der Waals surface area (Å²) in [5.74, 6) is 0. The third-order valence-electron chi connectivity index (χ3n) is 2.65. The van der Waals surface area contributed by atoms with Crippen LogP contribution in [0.3, 0.4) is 0 Å². The molecule has 0 amide bonds.